The molecular formula is C20H25F2N3O4. The zero-order valence-electron chi connectivity index (χ0n) is 16.9. The molecule has 0 saturated carbocycles. The van der Waals surface area contributed by atoms with Crippen LogP contribution in [0.5, 0.6) is 0 Å². The number of carbonyl (C=O) groups excluding carboxylic acids is 1. The van der Waals surface area contributed by atoms with E-state index in [-0.39, 0.29) is 6.54 Å². The quantitative estimate of drug-likeness (QED) is 0.820. The Balaban J connectivity index is 1.92. The Labute approximate surface area is 167 Å². The van der Waals surface area contributed by atoms with Gasteiger partial charge in [-0.05, 0) is 32.9 Å². The first-order valence-corrected chi connectivity index (χ1v) is 9.33. The number of amides is 1. The van der Waals surface area contributed by atoms with Gasteiger partial charge in [0.1, 0.15) is 17.2 Å². The molecule has 0 bridgehead atoms. The van der Waals surface area contributed by atoms with Crippen LogP contribution < -0.4 is 5.32 Å². The summed E-state index contributed by atoms with van der Waals surface area (Å²) in [6.07, 6.45) is -0.746. The molecule has 1 aliphatic rings. The third-order valence-corrected chi connectivity index (χ3v) is 4.23. The van der Waals surface area contributed by atoms with Crippen LogP contribution in [-0.4, -0.2) is 41.0 Å². The number of aromatic nitrogens is 2. The molecule has 3 rings (SSSR count). The summed E-state index contributed by atoms with van der Waals surface area (Å²) in [5.74, 6) is -1.37. The molecule has 0 atom stereocenters. The van der Waals surface area contributed by atoms with Crippen molar-refractivity contribution < 1.29 is 27.8 Å². The Morgan fingerprint density at radius 3 is 2.45 bits per heavy atom. The highest BCUT2D eigenvalue weighted by Crippen LogP contribution is 2.30. The molecule has 2 heterocycles. The van der Waals surface area contributed by atoms with Crippen molar-refractivity contribution in [2.24, 2.45) is 7.05 Å². The number of halogens is 2. The van der Waals surface area contributed by atoms with E-state index in [2.05, 4.69) is 10.4 Å². The molecule has 1 N–H and O–H groups in total. The van der Waals surface area contributed by atoms with E-state index >= 15 is 0 Å². The van der Waals surface area contributed by atoms with Crippen molar-refractivity contribution in [2.45, 2.75) is 45.6 Å². The molecule has 0 aliphatic carbocycles. The SMILES string of the molecule is Cn1nc(CNC(=O)OC(C)(C)C)c(CC2OCCO2)c1-c1cc(F)cc(F)c1. The molecular weight excluding hydrogens is 384 g/mol. The predicted octanol–water partition coefficient (Wildman–Crippen LogP) is 3.31. The van der Waals surface area contributed by atoms with Crippen LogP contribution in [0.3, 0.4) is 0 Å². The number of hydrogen-bond acceptors (Lipinski definition) is 5. The monoisotopic (exact) mass is 409 g/mol. The molecule has 1 amide bonds. The molecule has 29 heavy (non-hydrogen) atoms. The summed E-state index contributed by atoms with van der Waals surface area (Å²) in [7, 11) is 1.68. The maximum Gasteiger partial charge on any atom is 0.407 e. The topological polar surface area (TPSA) is 74.6 Å². The van der Waals surface area contributed by atoms with E-state index < -0.39 is 29.6 Å². The molecule has 0 radical (unpaired) electrons. The van der Waals surface area contributed by atoms with Gasteiger partial charge in [0.25, 0.3) is 0 Å². The first-order chi connectivity index (χ1) is 13.6. The smallest absolute Gasteiger partial charge is 0.407 e. The number of ether oxygens (including phenoxy) is 3. The number of rotatable bonds is 5. The molecule has 158 valence electrons. The second-order valence-electron chi connectivity index (χ2n) is 7.79. The minimum atomic E-state index is -0.686. The van der Waals surface area contributed by atoms with Crippen LogP contribution in [0.2, 0.25) is 0 Å². The van der Waals surface area contributed by atoms with Crippen LogP contribution in [0.4, 0.5) is 13.6 Å². The molecule has 7 nitrogen and oxygen atoms in total. The van der Waals surface area contributed by atoms with Crippen LogP contribution in [0, 0.1) is 11.6 Å². The van der Waals surface area contributed by atoms with E-state index in [0.29, 0.717) is 42.1 Å². The molecule has 2 aromatic rings. The summed E-state index contributed by atoms with van der Waals surface area (Å²) < 4.78 is 45.5. The van der Waals surface area contributed by atoms with Gasteiger partial charge >= 0.3 is 6.09 Å². The number of carbonyl (C=O) groups is 1. The van der Waals surface area contributed by atoms with E-state index in [4.69, 9.17) is 14.2 Å². The lowest BCUT2D eigenvalue weighted by Crippen LogP contribution is -2.32. The van der Waals surface area contributed by atoms with Gasteiger partial charge in [-0.25, -0.2) is 13.6 Å². The van der Waals surface area contributed by atoms with Crippen molar-refractivity contribution >= 4 is 6.09 Å². The molecule has 9 heteroatoms. The Hall–Kier alpha value is -2.52. The van der Waals surface area contributed by atoms with E-state index in [9.17, 15) is 13.6 Å². The first-order valence-electron chi connectivity index (χ1n) is 9.33. The zero-order chi connectivity index (χ0) is 21.2. The van der Waals surface area contributed by atoms with Crippen LogP contribution in [0.15, 0.2) is 18.2 Å². The third-order valence-electron chi connectivity index (χ3n) is 4.23. The molecule has 1 aliphatic heterocycles. The molecule has 0 unspecified atom stereocenters. The minimum absolute atomic E-state index is 0.0859. The van der Waals surface area contributed by atoms with Gasteiger partial charge in [0.15, 0.2) is 6.29 Å². The Bertz CT molecular complexity index is 866. The van der Waals surface area contributed by atoms with Crippen LogP contribution >= 0.6 is 0 Å². The van der Waals surface area contributed by atoms with E-state index in [1.54, 1.807) is 27.8 Å². The molecule has 1 saturated heterocycles. The van der Waals surface area contributed by atoms with Crippen molar-refractivity contribution in [3.8, 4) is 11.3 Å². The van der Waals surface area contributed by atoms with E-state index in [1.165, 1.54) is 16.8 Å². The Kier molecular flexibility index (Phi) is 6.18. The van der Waals surface area contributed by atoms with E-state index in [1.807, 2.05) is 0 Å². The predicted molar refractivity (Wildman–Crippen MR) is 101 cm³/mol. The molecule has 1 aromatic carbocycles. The van der Waals surface area contributed by atoms with Gasteiger partial charge in [0.05, 0.1) is 31.1 Å². The normalized spacial score (nSPS) is 15.0. The summed E-state index contributed by atoms with van der Waals surface area (Å²) in [6.45, 7) is 6.34. The van der Waals surface area contributed by atoms with Crippen molar-refractivity contribution in [1.82, 2.24) is 15.1 Å². The van der Waals surface area contributed by atoms with Gasteiger partial charge in [-0.3, -0.25) is 4.68 Å². The van der Waals surface area contributed by atoms with Crippen molar-refractivity contribution in [1.29, 1.82) is 0 Å². The van der Waals surface area contributed by atoms with Gasteiger partial charge in [-0.15, -0.1) is 0 Å². The maximum atomic E-state index is 13.8. The van der Waals surface area contributed by atoms with Crippen molar-refractivity contribution in [3.05, 3.63) is 41.1 Å². The lowest BCUT2D eigenvalue weighted by Gasteiger charge is -2.19. The van der Waals surface area contributed by atoms with Gasteiger partial charge in [-0.2, -0.15) is 5.10 Å². The number of nitrogens with zero attached hydrogens (tertiary/aromatic N) is 2. The zero-order valence-corrected chi connectivity index (χ0v) is 16.9. The summed E-state index contributed by atoms with van der Waals surface area (Å²) in [5.41, 5.74) is 1.46. The second kappa shape index (κ2) is 8.46. The standard InChI is InChI=1S/C20H25F2N3O4/c1-20(2,3)29-19(26)23-11-16-15(10-17-27-5-6-28-17)18(25(4)24-16)12-7-13(21)9-14(22)8-12/h7-9,17H,5-6,10-11H2,1-4H3,(H,23,26). The highest BCUT2D eigenvalue weighted by Gasteiger charge is 2.26. The number of hydrogen-bond donors (Lipinski definition) is 1. The first kappa shape index (κ1) is 21.2. The van der Waals surface area contributed by atoms with Gasteiger partial charge in [-0.1, -0.05) is 0 Å². The average Bonchev–Trinajstić information content (AvgIpc) is 3.19. The average molecular weight is 409 g/mol. The highest BCUT2D eigenvalue weighted by atomic mass is 19.1. The molecule has 1 fully saturated rings. The third kappa shape index (κ3) is 5.51. The summed E-state index contributed by atoms with van der Waals surface area (Å²) in [4.78, 5) is 12.0. The lowest BCUT2D eigenvalue weighted by molar-refractivity contribution is -0.0400. The number of aryl methyl sites for hydroxylation is 1. The highest BCUT2D eigenvalue weighted by molar-refractivity contribution is 5.68. The van der Waals surface area contributed by atoms with E-state index in [0.717, 1.165) is 6.07 Å². The summed E-state index contributed by atoms with van der Waals surface area (Å²) in [5, 5.41) is 7.12. The Morgan fingerprint density at radius 2 is 1.86 bits per heavy atom. The van der Waals surface area contributed by atoms with Gasteiger partial charge < -0.3 is 19.5 Å². The number of nitrogens with one attached hydrogen (secondary N) is 1. The van der Waals surface area contributed by atoms with Gasteiger partial charge in [0.2, 0.25) is 0 Å². The minimum Gasteiger partial charge on any atom is -0.444 e. The van der Waals surface area contributed by atoms with Crippen LogP contribution in [0.1, 0.15) is 32.0 Å². The van der Waals surface area contributed by atoms with Gasteiger partial charge in [0, 0.05) is 30.7 Å². The fourth-order valence-corrected chi connectivity index (χ4v) is 3.19. The van der Waals surface area contributed by atoms with Crippen LogP contribution in [-0.2, 0) is 34.2 Å². The summed E-state index contributed by atoms with van der Waals surface area (Å²) >= 11 is 0. The fraction of sp³-hybridized carbons (Fsp3) is 0.500. The second-order valence-corrected chi connectivity index (χ2v) is 7.79. The largest absolute Gasteiger partial charge is 0.444 e. The molecule has 1 aromatic heterocycles. The number of alkyl carbamates (subject to hydrolysis) is 1. The van der Waals surface area contributed by atoms with Crippen molar-refractivity contribution in [3.63, 3.8) is 0 Å². The number of benzene rings is 1. The molecule has 0 spiro atoms. The summed E-state index contributed by atoms with van der Waals surface area (Å²) in [6, 6.07) is 3.30. The van der Waals surface area contributed by atoms with Crippen LogP contribution in [0.25, 0.3) is 11.3 Å². The lowest BCUT2D eigenvalue weighted by atomic mass is 10.0. The fourth-order valence-electron chi connectivity index (χ4n) is 3.19. The Morgan fingerprint density at radius 1 is 1.24 bits per heavy atom. The van der Waals surface area contributed by atoms with Crippen molar-refractivity contribution in [2.75, 3.05) is 13.2 Å². The maximum absolute atomic E-state index is 13.8.